The summed E-state index contributed by atoms with van der Waals surface area (Å²) in [6, 6.07) is 14.8. The van der Waals surface area contributed by atoms with Crippen LogP contribution in [0.1, 0.15) is 25.5 Å². The molecule has 0 aliphatic rings. The average molecular weight is 508 g/mol. The molecular formula is C23H22ClNO6S2. The molecule has 3 aromatic carbocycles. The third-order valence-corrected chi connectivity index (χ3v) is 8.98. The SMILES string of the molecule is COc1ccc(S(=O)(=O)c2ccc([C@H](C)NC(C)=O)cc2)c(S(=O)(=O)c2ccc(Cl)cc2)c1. The van der Waals surface area contributed by atoms with Crippen LogP contribution < -0.4 is 10.1 Å². The summed E-state index contributed by atoms with van der Waals surface area (Å²) in [5.74, 6) is -0.0181. The average Bonchev–Trinajstić information content (AvgIpc) is 2.78. The second kappa shape index (κ2) is 9.54. The lowest BCUT2D eigenvalue weighted by Crippen LogP contribution is -2.23. The Kier molecular flexibility index (Phi) is 7.16. The molecule has 0 spiro atoms. The van der Waals surface area contributed by atoms with Gasteiger partial charge in [0.1, 0.15) is 5.75 Å². The summed E-state index contributed by atoms with van der Waals surface area (Å²) in [6.07, 6.45) is 0. The van der Waals surface area contributed by atoms with E-state index in [2.05, 4.69) is 5.32 Å². The first-order valence-corrected chi connectivity index (χ1v) is 13.1. The second-order valence-electron chi connectivity index (χ2n) is 7.26. The Morgan fingerprint density at radius 2 is 1.36 bits per heavy atom. The molecule has 33 heavy (non-hydrogen) atoms. The number of methoxy groups -OCH3 is 1. The maximum absolute atomic E-state index is 13.4. The molecule has 10 heteroatoms. The van der Waals surface area contributed by atoms with Gasteiger partial charge in [-0.25, -0.2) is 16.8 Å². The number of benzene rings is 3. The van der Waals surface area contributed by atoms with Gasteiger partial charge in [0.25, 0.3) is 0 Å². The van der Waals surface area contributed by atoms with E-state index >= 15 is 0 Å². The fourth-order valence-corrected chi connectivity index (χ4v) is 6.70. The van der Waals surface area contributed by atoms with Gasteiger partial charge in [0.05, 0.1) is 32.7 Å². The maximum atomic E-state index is 13.4. The molecule has 0 fully saturated rings. The van der Waals surface area contributed by atoms with Crippen molar-refractivity contribution in [2.75, 3.05) is 7.11 Å². The van der Waals surface area contributed by atoms with E-state index in [1.165, 1.54) is 68.6 Å². The molecule has 1 amide bonds. The van der Waals surface area contributed by atoms with Gasteiger partial charge in [-0.05, 0) is 61.0 Å². The van der Waals surface area contributed by atoms with Crippen molar-refractivity contribution in [3.8, 4) is 5.75 Å². The largest absolute Gasteiger partial charge is 0.497 e. The highest BCUT2D eigenvalue weighted by Gasteiger charge is 2.30. The van der Waals surface area contributed by atoms with Gasteiger partial charge in [0, 0.05) is 18.0 Å². The summed E-state index contributed by atoms with van der Waals surface area (Å²) >= 11 is 5.87. The van der Waals surface area contributed by atoms with Gasteiger partial charge in [-0.2, -0.15) is 0 Å². The lowest BCUT2D eigenvalue weighted by atomic mass is 10.1. The van der Waals surface area contributed by atoms with Gasteiger partial charge in [0.2, 0.25) is 25.6 Å². The van der Waals surface area contributed by atoms with E-state index in [1.807, 2.05) is 0 Å². The Morgan fingerprint density at radius 1 is 0.848 bits per heavy atom. The van der Waals surface area contributed by atoms with E-state index in [0.29, 0.717) is 10.6 Å². The molecule has 0 heterocycles. The van der Waals surface area contributed by atoms with Crippen molar-refractivity contribution in [3.05, 3.63) is 77.3 Å². The zero-order chi connectivity index (χ0) is 24.4. The van der Waals surface area contributed by atoms with Crippen LogP contribution in [-0.4, -0.2) is 29.9 Å². The lowest BCUT2D eigenvalue weighted by Gasteiger charge is -2.15. The van der Waals surface area contributed by atoms with Crippen LogP contribution in [-0.2, 0) is 24.5 Å². The zero-order valence-electron chi connectivity index (χ0n) is 18.1. The van der Waals surface area contributed by atoms with E-state index < -0.39 is 24.6 Å². The van der Waals surface area contributed by atoms with Crippen molar-refractivity contribution in [2.24, 2.45) is 0 Å². The van der Waals surface area contributed by atoms with Crippen LogP contribution >= 0.6 is 11.6 Å². The number of sulfone groups is 2. The standard InChI is InChI=1S/C23H22ClNO6S2/c1-15(25-16(2)26)17-4-9-20(10-5-17)32(27,28)22-13-8-19(31-3)14-23(22)33(29,30)21-11-6-18(24)7-12-21/h4-15H,1-3H3,(H,25,26)/t15-/m0/s1. The minimum absolute atomic E-state index is 0.0843. The minimum atomic E-state index is -4.21. The molecule has 0 aliphatic carbocycles. The van der Waals surface area contributed by atoms with Crippen LogP contribution in [0, 0.1) is 0 Å². The molecule has 1 atom stereocenters. The highest BCUT2D eigenvalue weighted by molar-refractivity contribution is 7.94. The monoisotopic (exact) mass is 507 g/mol. The molecule has 3 rings (SSSR count). The second-order valence-corrected chi connectivity index (χ2v) is 11.5. The highest BCUT2D eigenvalue weighted by Crippen LogP contribution is 2.34. The molecule has 174 valence electrons. The van der Waals surface area contributed by atoms with Crippen LogP contribution in [0.25, 0.3) is 0 Å². The molecular weight excluding hydrogens is 486 g/mol. The highest BCUT2D eigenvalue weighted by atomic mass is 35.5. The first-order valence-electron chi connectivity index (χ1n) is 9.77. The number of hydrogen-bond acceptors (Lipinski definition) is 6. The first-order chi connectivity index (χ1) is 15.5. The minimum Gasteiger partial charge on any atom is -0.497 e. The van der Waals surface area contributed by atoms with Gasteiger partial charge < -0.3 is 10.1 Å². The molecule has 0 saturated heterocycles. The molecule has 0 aromatic heterocycles. The number of ether oxygens (including phenoxy) is 1. The van der Waals surface area contributed by atoms with Crippen molar-refractivity contribution in [1.82, 2.24) is 5.32 Å². The third-order valence-electron chi connectivity index (χ3n) is 4.96. The van der Waals surface area contributed by atoms with E-state index in [-0.39, 0.29) is 32.4 Å². The van der Waals surface area contributed by atoms with Crippen LogP contribution in [0.5, 0.6) is 5.75 Å². The maximum Gasteiger partial charge on any atom is 0.217 e. The number of carbonyl (C=O) groups is 1. The topological polar surface area (TPSA) is 107 Å². The fraction of sp³-hybridized carbons (Fsp3) is 0.174. The molecule has 1 N–H and O–H groups in total. The van der Waals surface area contributed by atoms with Gasteiger partial charge >= 0.3 is 0 Å². The Morgan fingerprint density at radius 3 is 1.88 bits per heavy atom. The van der Waals surface area contributed by atoms with Crippen molar-refractivity contribution < 1.29 is 26.4 Å². The van der Waals surface area contributed by atoms with Gasteiger partial charge in [0.15, 0.2) is 0 Å². The zero-order valence-corrected chi connectivity index (χ0v) is 20.5. The number of nitrogens with one attached hydrogen (secondary N) is 1. The summed E-state index contributed by atoms with van der Waals surface area (Å²) < 4.78 is 58.7. The van der Waals surface area contributed by atoms with Gasteiger partial charge in [-0.1, -0.05) is 23.7 Å². The summed E-state index contributed by atoms with van der Waals surface area (Å²) in [4.78, 5) is 10.3. The molecule has 3 aromatic rings. The molecule has 0 bridgehead atoms. The van der Waals surface area contributed by atoms with Crippen LogP contribution in [0.4, 0.5) is 0 Å². The summed E-state index contributed by atoms with van der Waals surface area (Å²) in [7, 11) is -7.06. The van der Waals surface area contributed by atoms with Gasteiger partial charge in [-0.15, -0.1) is 0 Å². The van der Waals surface area contributed by atoms with E-state index in [0.717, 1.165) is 0 Å². The number of halogens is 1. The van der Waals surface area contributed by atoms with E-state index in [4.69, 9.17) is 16.3 Å². The van der Waals surface area contributed by atoms with Crippen molar-refractivity contribution >= 4 is 37.2 Å². The van der Waals surface area contributed by atoms with Crippen molar-refractivity contribution in [1.29, 1.82) is 0 Å². The van der Waals surface area contributed by atoms with Crippen LogP contribution in [0.3, 0.4) is 0 Å². The molecule has 0 aliphatic heterocycles. The Balaban J connectivity index is 2.12. The smallest absolute Gasteiger partial charge is 0.217 e. The quantitative estimate of drug-likeness (QED) is 0.513. The molecule has 0 saturated carbocycles. The van der Waals surface area contributed by atoms with E-state index in [1.54, 1.807) is 19.1 Å². The summed E-state index contributed by atoms with van der Waals surface area (Å²) in [5.41, 5.74) is 0.702. The van der Waals surface area contributed by atoms with Crippen molar-refractivity contribution in [3.63, 3.8) is 0 Å². The lowest BCUT2D eigenvalue weighted by molar-refractivity contribution is -0.119. The predicted molar refractivity (Wildman–Crippen MR) is 124 cm³/mol. The van der Waals surface area contributed by atoms with Gasteiger partial charge in [-0.3, -0.25) is 4.79 Å². The van der Waals surface area contributed by atoms with Crippen molar-refractivity contribution in [2.45, 2.75) is 39.5 Å². The molecule has 0 radical (unpaired) electrons. The Labute approximate surface area is 198 Å². The molecule has 0 unspecified atom stereocenters. The van der Waals surface area contributed by atoms with E-state index in [9.17, 15) is 21.6 Å². The normalized spacial score (nSPS) is 12.7. The Bertz CT molecular complexity index is 1380. The summed E-state index contributed by atoms with van der Waals surface area (Å²) in [5, 5.41) is 3.07. The number of amides is 1. The van der Waals surface area contributed by atoms with Crippen LogP contribution in [0.15, 0.2) is 86.3 Å². The Hall–Kier alpha value is -2.88. The number of hydrogen-bond donors (Lipinski definition) is 1. The first kappa shape index (κ1) is 24.8. The molecule has 7 nitrogen and oxygen atoms in total. The summed E-state index contributed by atoms with van der Waals surface area (Å²) in [6.45, 7) is 3.16. The number of rotatable bonds is 7. The fourth-order valence-electron chi connectivity index (χ4n) is 3.24. The number of carbonyl (C=O) groups excluding carboxylic acids is 1. The third kappa shape index (κ3) is 5.21. The predicted octanol–water partition coefficient (Wildman–Crippen LogP) is 4.21. The van der Waals surface area contributed by atoms with Crippen LogP contribution in [0.2, 0.25) is 5.02 Å².